The maximum atomic E-state index is 12.3. The van der Waals surface area contributed by atoms with Crippen molar-refractivity contribution in [3.05, 3.63) is 11.4 Å². The molecule has 0 aliphatic carbocycles. The molecule has 0 atom stereocenters. The first-order valence-corrected chi connectivity index (χ1v) is 2.43. The van der Waals surface area contributed by atoms with Gasteiger partial charge in [0.2, 0.25) is 0 Å². The van der Waals surface area contributed by atoms with E-state index in [1.54, 1.807) is 20.9 Å². The largest absolute Gasteiger partial charge is 0.293 e. The molecule has 0 amide bonds. The first-order chi connectivity index (χ1) is 3.68. The van der Waals surface area contributed by atoms with Crippen LogP contribution in [-0.2, 0) is 0 Å². The molecule has 0 aromatic carbocycles. The monoisotopic (exact) mass is 115 g/mol. The Bertz CT molecular complexity index is 120. The van der Waals surface area contributed by atoms with Crippen LogP contribution in [0.3, 0.4) is 0 Å². The minimum atomic E-state index is -0.243. The smallest absolute Gasteiger partial charge is 0.139 e. The Morgan fingerprint density at radius 1 is 1.50 bits per heavy atom. The van der Waals surface area contributed by atoms with Crippen LogP contribution in [0.1, 0.15) is 13.8 Å². The average molecular weight is 115 g/mol. The van der Waals surface area contributed by atoms with Gasteiger partial charge in [0.25, 0.3) is 0 Å². The number of hydrogen-bond donors (Lipinski definition) is 0. The zero-order chi connectivity index (χ0) is 6.57. The van der Waals surface area contributed by atoms with Crippen molar-refractivity contribution in [2.75, 3.05) is 7.05 Å². The van der Waals surface area contributed by atoms with Gasteiger partial charge in [-0.3, -0.25) is 4.99 Å². The molecule has 46 valence electrons. The van der Waals surface area contributed by atoms with Crippen molar-refractivity contribution >= 4 is 6.21 Å². The fourth-order valence-corrected chi connectivity index (χ4v) is 0.242. The van der Waals surface area contributed by atoms with Crippen molar-refractivity contribution in [3.63, 3.8) is 0 Å². The van der Waals surface area contributed by atoms with E-state index < -0.39 is 0 Å². The summed E-state index contributed by atoms with van der Waals surface area (Å²) in [5.41, 5.74) is 0.663. The van der Waals surface area contributed by atoms with Crippen molar-refractivity contribution in [2.24, 2.45) is 4.99 Å². The van der Waals surface area contributed by atoms with Crippen LogP contribution in [0, 0.1) is 0 Å². The first-order valence-electron chi connectivity index (χ1n) is 2.43. The Hall–Kier alpha value is -0.660. The fraction of sp³-hybridized carbons (Fsp3) is 0.500. The number of hydrogen-bond acceptors (Lipinski definition) is 1. The van der Waals surface area contributed by atoms with E-state index in [0.29, 0.717) is 5.57 Å². The lowest BCUT2D eigenvalue weighted by atomic mass is 10.3. The van der Waals surface area contributed by atoms with Gasteiger partial charge in [-0.05, 0) is 19.4 Å². The molecular formula is C6H10FN. The van der Waals surface area contributed by atoms with Gasteiger partial charge in [0, 0.05) is 7.05 Å². The lowest BCUT2D eigenvalue weighted by molar-refractivity contribution is 0.673. The van der Waals surface area contributed by atoms with E-state index in [-0.39, 0.29) is 5.83 Å². The van der Waals surface area contributed by atoms with Crippen LogP contribution in [0.2, 0.25) is 0 Å². The molecule has 0 spiro atoms. The predicted octanol–water partition coefficient (Wildman–Crippen LogP) is 1.95. The average Bonchev–Trinajstić information content (AvgIpc) is 1.67. The van der Waals surface area contributed by atoms with Crippen LogP contribution in [0.4, 0.5) is 4.39 Å². The van der Waals surface area contributed by atoms with E-state index in [1.807, 2.05) is 0 Å². The third-order valence-corrected chi connectivity index (χ3v) is 0.720. The summed E-state index contributed by atoms with van der Waals surface area (Å²) in [5.74, 6) is -0.243. The third kappa shape index (κ3) is 2.50. The molecule has 0 radical (unpaired) electrons. The van der Waals surface area contributed by atoms with Gasteiger partial charge < -0.3 is 0 Å². The van der Waals surface area contributed by atoms with Crippen LogP contribution in [0.5, 0.6) is 0 Å². The summed E-state index contributed by atoms with van der Waals surface area (Å²) < 4.78 is 12.3. The highest BCUT2D eigenvalue weighted by molar-refractivity contribution is 5.76. The van der Waals surface area contributed by atoms with Crippen molar-refractivity contribution in [1.29, 1.82) is 0 Å². The molecule has 0 unspecified atom stereocenters. The highest BCUT2D eigenvalue weighted by Gasteiger charge is 1.87. The normalized spacial score (nSPS) is 10.0. The van der Waals surface area contributed by atoms with Crippen molar-refractivity contribution in [1.82, 2.24) is 0 Å². The number of rotatable bonds is 1. The second-order valence-electron chi connectivity index (χ2n) is 1.74. The van der Waals surface area contributed by atoms with Gasteiger partial charge in [0.05, 0.1) is 6.21 Å². The van der Waals surface area contributed by atoms with Gasteiger partial charge in [-0.25, -0.2) is 4.39 Å². The predicted molar refractivity (Wildman–Crippen MR) is 33.9 cm³/mol. The molecule has 0 N–H and O–H groups in total. The summed E-state index contributed by atoms with van der Waals surface area (Å²) in [6, 6.07) is 0. The minimum Gasteiger partial charge on any atom is -0.293 e. The summed E-state index contributed by atoms with van der Waals surface area (Å²) in [6.07, 6.45) is 1.20. The van der Waals surface area contributed by atoms with E-state index in [9.17, 15) is 4.39 Å². The molecule has 1 nitrogen and oxygen atoms in total. The molecule has 0 aliphatic rings. The van der Waals surface area contributed by atoms with Crippen LogP contribution in [0.15, 0.2) is 16.4 Å². The fourth-order valence-electron chi connectivity index (χ4n) is 0.242. The van der Waals surface area contributed by atoms with Gasteiger partial charge in [0.15, 0.2) is 0 Å². The topological polar surface area (TPSA) is 12.4 Å². The number of aliphatic imine (C=N–C) groups is 1. The van der Waals surface area contributed by atoms with Gasteiger partial charge in [0.1, 0.15) is 5.83 Å². The van der Waals surface area contributed by atoms with E-state index in [4.69, 9.17) is 0 Å². The maximum Gasteiger partial charge on any atom is 0.139 e. The molecule has 0 saturated carbocycles. The Balaban J connectivity index is 4.00. The van der Waals surface area contributed by atoms with E-state index in [1.165, 1.54) is 6.21 Å². The SMILES string of the molecule is C/N=C\C(F)=C(C)C. The van der Waals surface area contributed by atoms with E-state index in [2.05, 4.69) is 4.99 Å². The Morgan fingerprint density at radius 3 is 2.12 bits per heavy atom. The maximum absolute atomic E-state index is 12.3. The Morgan fingerprint density at radius 2 is 2.00 bits per heavy atom. The molecule has 0 aromatic rings. The van der Waals surface area contributed by atoms with Gasteiger partial charge in [-0.1, -0.05) is 0 Å². The second kappa shape index (κ2) is 3.36. The van der Waals surface area contributed by atoms with E-state index in [0.717, 1.165) is 0 Å². The van der Waals surface area contributed by atoms with E-state index >= 15 is 0 Å². The van der Waals surface area contributed by atoms with Crippen LogP contribution < -0.4 is 0 Å². The highest BCUT2D eigenvalue weighted by Crippen LogP contribution is 1.99. The number of nitrogens with zero attached hydrogens (tertiary/aromatic N) is 1. The molecule has 0 fully saturated rings. The summed E-state index contributed by atoms with van der Waals surface area (Å²) in [7, 11) is 1.54. The van der Waals surface area contributed by atoms with Gasteiger partial charge >= 0.3 is 0 Å². The zero-order valence-corrected chi connectivity index (χ0v) is 5.40. The standard InChI is InChI=1S/C6H10FN/c1-5(2)6(7)4-8-3/h4H,1-3H3/b8-4-. The molecule has 8 heavy (non-hydrogen) atoms. The Kier molecular flexibility index (Phi) is 3.08. The lowest BCUT2D eigenvalue weighted by Gasteiger charge is -1.86. The molecule has 0 saturated heterocycles. The van der Waals surface area contributed by atoms with Gasteiger partial charge in [-0.15, -0.1) is 0 Å². The summed E-state index contributed by atoms with van der Waals surface area (Å²) in [4.78, 5) is 3.50. The van der Waals surface area contributed by atoms with Crippen molar-refractivity contribution < 1.29 is 4.39 Å². The summed E-state index contributed by atoms with van der Waals surface area (Å²) in [5, 5.41) is 0. The van der Waals surface area contributed by atoms with Crippen LogP contribution in [-0.4, -0.2) is 13.3 Å². The van der Waals surface area contributed by atoms with Crippen molar-refractivity contribution in [2.45, 2.75) is 13.8 Å². The van der Waals surface area contributed by atoms with Crippen LogP contribution >= 0.6 is 0 Å². The lowest BCUT2D eigenvalue weighted by Crippen LogP contribution is -1.77. The summed E-state index contributed by atoms with van der Waals surface area (Å²) >= 11 is 0. The van der Waals surface area contributed by atoms with Gasteiger partial charge in [-0.2, -0.15) is 0 Å². The summed E-state index contributed by atoms with van der Waals surface area (Å²) in [6.45, 7) is 3.41. The molecule has 0 aliphatic heterocycles. The number of halogens is 1. The molecule has 0 rings (SSSR count). The quantitative estimate of drug-likeness (QED) is 0.463. The molecule has 0 heterocycles. The molecule has 0 bridgehead atoms. The van der Waals surface area contributed by atoms with Crippen molar-refractivity contribution in [3.8, 4) is 0 Å². The highest BCUT2D eigenvalue weighted by atomic mass is 19.1. The van der Waals surface area contributed by atoms with Crippen LogP contribution in [0.25, 0.3) is 0 Å². The third-order valence-electron chi connectivity index (χ3n) is 0.720. The molecule has 0 aromatic heterocycles. The first kappa shape index (κ1) is 7.34. The molecular weight excluding hydrogens is 105 g/mol. The number of allylic oxidation sites excluding steroid dienone is 2. The second-order valence-corrected chi connectivity index (χ2v) is 1.74. The minimum absolute atomic E-state index is 0.243. The molecule has 2 heteroatoms. The Labute approximate surface area is 48.9 Å². The zero-order valence-electron chi connectivity index (χ0n) is 5.40.